The molecule has 0 atom stereocenters. The zero-order chi connectivity index (χ0) is 10.7. The molecule has 2 nitrogen and oxygen atoms in total. The van der Waals surface area contributed by atoms with Crippen LogP contribution in [0.4, 0.5) is 5.00 Å². The van der Waals surface area contributed by atoms with Gasteiger partial charge in [-0.3, -0.25) is 4.79 Å². The van der Waals surface area contributed by atoms with Crippen LogP contribution in [-0.4, -0.2) is 5.78 Å². The fraction of sp³-hybridized carbons (Fsp3) is 0.545. The van der Waals surface area contributed by atoms with E-state index < -0.39 is 0 Å². The Kier molecular flexibility index (Phi) is 3.69. The van der Waals surface area contributed by atoms with Crippen LogP contribution in [0.5, 0.6) is 0 Å². The van der Waals surface area contributed by atoms with Crippen molar-refractivity contribution in [2.45, 2.75) is 40.0 Å². The molecule has 0 aliphatic carbocycles. The van der Waals surface area contributed by atoms with Crippen molar-refractivity contribution in [2.75, 3.05) is 5.73 Å². The standard InChI is InChI=1S/C11H17NOS/c1-4-6-8-9(5-2)14-11(12)10(8)7(3)13/h4-6,12H2,1-3H3. The number of Topliss-reactive ketones (excluding diaryl/α,β-unsaturated/α-hetero) is 1. The molecule has 0 spiro atoms. The number of thiophene rings is 1. The van der Waals surface area contributed by atoms with Crippen LogP contribution in [0, 0.1) is 0 Å². The Labute approximate surface area is 89.1 Å². The molecule has 1 rings (SSSR count). The fourth-order valence-corrected chi connectivity index (χ4v) is 2.83. The molecule has 0 amide bonds. The van der Waals surface area contributed by atoms with Crippen molar-refractivity contribution in [1.29, 1.82) is 0 Å². The summed E-state index contributed by atoms with van der Waals surface area (Å²) in [6.07, 6.45) is 2.99. The Hall–Kier alpha value is -0.830. The van der Waals surface area contributed by atoms with Crippen molar-refractivity contribution in [3.63, 3.8) is 0 Å². The Balaban J connectivity index is 3.23. The summed E-state index contributed by atoms with van der Waals surface area (Å²) in [5, 5.41) is 0.692. The number of rotatable bonds is 4. The second kappa shape index (κ2) is 4.60. The monoisotopic (exact) mass is 211 g/mol. The number of nitrogen functional groups attached to an aromatic ring is 1. The van der Waals surface area contributed by atoms with Gasteiger partial charge in [-0.25, -0.2) is 0 Å². The Bertz CT molecular complexity index is 341. The minimum Gasteiger partial charge on any atom is -0.390 e. The predicted octanol–water partition coefficient (Wildman–Crippen LogP) is 3.05. The van der Waals surface area contributed by atoms with Gasteiger partial charge in [0, 0.05) is 4.88 Å². The molecule has 0 fully saturated rings. The van der Waals surface area contributed by atoms with Gasteiger partial charge in [0.25, 0.3) is 0 Å². The zero-order valence-electron chi connectivity index (χ0n) is 9.02. The summed E-state index contributed by atoms with van der Waals surface area (Å²) in [5.74, 6) is 0.0990. The van der Waals surface area contributed by atoms with E-state index in [0.29, 0.717) is 5.00 Å². The van der Waals surface area contributed by atoms with Crippen LogP contribution in [-0.2, 0) is 12.8 Å². The van der Waals surface area contributed by atoms with Crippen molar-refractivity contribution in [3.8, 4) is 0 Å². The zero-order valence-corrected chi connectivity index (χ0v) is 9.83. The van der Waals surface area contributed by atoms with E-state index in [1.165, 1.54) is 10.4 Å². The maximum Gasteiger partial charge on any atom is 0.163 e. The third-order valence-electron chi connectivity index (χ3n) is 2.29. The number of ketones is 1. The van der Waals surface area contributed by atoms with E-state index in [1.807, 2.05) is 0 Å². The number of carbonyl (C=O) groups is 1. The van der Waals surface area contributed by atoms with Gasteiger partial charge in [0.15, 0.2) is 5.78 Å². The summed E-state index contributed by atoms with van der Waals surface area (Å²) in [6, 6.07) is 0. The SMILES string of the molecule is CCCc1c(CC)sc(N)c1C(C)=O. The third kappa shape index (κ3) is 1.98. The number of aryl methyl sites for hydroxylation is 1. The van der Waals surface area contributed by atoms with Crippen LogP contribution in [0.1, 0.15) is 48.0 Å². The quantitative estimate of drug-likeness (QED) is 0.778. The van der Waals surface area contributed by atoms with Crippen molar-refractivity contribution < 1.29 is 4.79 Å². The van der Waals surface area contributed by atoms with E-state index in [4.69, 9.17) is 5.73 Å². The maximum absolute atomic E-state index is 11.4. The van der Waals surface area contributed by atoms with Gasteiger partial charge in [0.1, 0.15) is 0 Å². The Morgan fingerprint density at radius 2 is 2.07 bits per heavy atom. The molecule has 1 aromatic heterocycles. The molecule has 0 unspecified atom stereocenters. The molecule has 0 aliphatic heterocycles. The van der Waals surface area contributed by atoms with E-state index in [-0.39, 0.29) is 5.78 Å². The summed E-state index contributed by atoms with van der Waals surface area (Å²) >= 11 is 1.57. The van der Waals surface area contributed by atoms with Crippen molar-refractivity contribution in [2.24, 2.45) is 0 Å². The first-order valence-corrected chi connectivity index (χ1v) is 5.84. The van der Waals surface area contributed by atoms with Gasteiger partial charge in [-0.1, -0.05) is 20.3 Å². The van der Waals surface area contributed by atoms with Crippen LogP contribution < -0.4 is 5.73 Å². The van der Waals surface area contributed by atoms with E-state index in [1.54, 1.807) is 18.3 Å². The van der Waals surface area contributed by atoms with Gasteiger partial charge >= 0.3 is 0 Å². The highest BCUT2D eigenvalue weighted by Gasteiger charge is 2.17. The molecule has 3 heteroatoms. The van der Waals surface area contributed by atoms with Gasteiger partial charge in [-0.2, -0.15) is 0 Å². The minimum absolute atomic E-state index is 0.0990. The van der Waals surface area contributed by atoms with Gasteiger partial charge < -0.3 is 5.73 Å². The van der Waals surface area contributed by atoms with E-state index >= 15 is 0 Å². The Morgan fingerprint density at radius 1 is 1.43 bits per heavy atom. The number of carbonyl (C=O) groups excluding carboxylic acids is 1. The number of hydrogen-bond acceptors (Lipinski definition) is 3. The largest absolute Gasteiger partial charge is 0.390 e. The Morgan fingerprint density at radius 3 is 2.50 bits per heavy atom. The lowest BCUT2D eigenvalue weighted by Crippen LogP contribution is -2.00. The molecular formula is C11H17NOS. The van der Waals surface area contributed by atoms with Gasteiger partial charge in [-0.15, -0.1) is 11.3 Å². The van der Waals surface area contributed by atoms with E-state index in [0.717, 1.165) is 24.8 Å². The van der Waals surface area contributed by atoms with Crippen molar-refractivity contribution >= 4 is 22.1 Å². The summed E-state index contributed by atoms with van der Waals surface area (Å²) in [5.41, 5.74) is 7.80. The third-order valence-corrected chi connectivity index (χ3v) is 3.50. The summed E-state index contributed by atoms with van der Waals surface area (Å²) < 4.78 is 0. The molecule has 1 heterocycles. The van der Waals surface area contributed by atoms with Gasteiger partial charge in [-0.05, 0) is 25.3 Å². The highest BCUT2D eigenvalue weighted by molar-refractivity contribution is 7.16. The van der Waals surface area contributed by atoms with Crippen LogP contribution in [0.25, 0.3) is 0 Å². The number of hydrogen-bond donors (Lipinski definition) is 1. The van der Waals surface area contributed by atoms with Gasteiger partial charge in [0.05, 0.1) is 10.6 Å². The van der Waals surface area contributed by atoms with Gasteiger partial charge in [0.2, 0.25) is 0 Å². The molecule has 0 aromatic carbocycles. The molecule has 0 saturated heterocycles. The topological polar surface area (TPSA) is 43.1 Å². The molecule has 0 saturated carbocycles. The molecule has 1 aromatic rings. The first-order chi connectivity index (χ1) is 6.61. The van der Waals surface area contributed by atoms with E-state index in [9.17, 15) is 4.79 Å². The number of nitrogens with two attached hydrogens (primary N) is 1. The minimum atomic E-state index is 0.0990. The molecular weight excluding hydrogens is 194 g/mol. The molecule has 14 heavy (non-hydrogen) atoms. The molecule has 78 valence electrons. The number of anilines is 1. The average Bonchev–Trinajstić information content (AvgIpc) is 2.43. The second-order valence-electron chi connectivity index (χ2n) is 3.40. The lowest BCUT2D eigenvalue weighted by Gasteiger charge is -2.02. The van der Waals surface area contributed by atoms with Crippen molar-refractivity contribution in [1.82, 2.24) is 0 Å². The average molecular weight is 211 g/mol. The second-order valence-corrected chi connectivity index (χ2v) is 4.54. The van der Waals surface area contributed by atoms with Crippen LogP contribution in [0.15, 0.2) is 0 Å². The van der Waals surface area contributed by atoms with E-state index in [2.05, 4.69) is 13.8 Å². The highest BCUT2D eigenvalue weighted by atomic mass is 32.1. The fourth-order valence-electron chi connectivity index (χ4n) is 1.72. The van der Waals surface area contributed by atoms with Crippen molar-refractivity contribution in [3.05, 3.63) is 16.0 Å². The first kappa shape index (κ1) is 11.2. The lowest BCUT2D eigenvalue weighted by atomic mass is 10.0. The normalized spacial score (nSPS) is 10.5. The van der Waals surface area contributed by atoms with Crippen LogP contribution >= 0.6 is 11.3 Å². The first-order valence-electron chi connectivity index (χ1n) is 5.02. The smallest absolute Gasteiger partial charge is 0.163 e. The predicted molar refractivity (Wildman–Crippen MR) is 62.1 cm³/mol. The maximum atomic E-state index is 11.4. The summed E-state index contributed by atoms with van der Waals surface area (Å²) in [7, 11) is 0. The highest BCUT2D eigenvalue weighted by Crippen LogP contribution is 2.32. The molecule has 0 radical (unpaired) electrons. The lowest BCUT2D eigenvalue weighted by molar-refractivity contribution is 0.101. The summed E-state index contributed by atoms with van der Waals surface area (Å²) in [4.78, 5) is 12.7. The molecule has 0 aliphatic rings. The van der Waals surface area contributed by atoms with Crippen LogP contribution in [0.2, 0.25) is 0 Å². The van der Waals surface area contributed by atoms with Crippen LogP contribution in [0.3, 0.4) is 0 Å². The summed E-state index contributed by atoms with van der Waals surface area (Å²) in [6.45, 7) is 5.82. The molecule has 2 N–H and O–H groups in total. The molecule has 0 bridgehead atoms.